The Balaban J connectivity index is 2.03. The first kappa shape index (κ1) is 13.0. The molecular formula is C14H13BN2O2. The first-order valence-corrected chi connectivity index (χ1v) is 5.75. The summed E-state index contributed by atoms with van der Waals surface area (Å²) in [5.74, 6) is 0.606. The second-order valence-electron chi connectivity index (χ2n) is 3.90. The number of hydrogen-bond acceptors (Lipinski definition) is 2. The van der Waals surface area contributed by atoms with Crippen LogP contribution in [0.1, 0.15) is 0 Å². The third kappa shape index (κ3) is 3.52. The van der Waals surface area contributed by atoms with E-state index < -0.39 is 0 Å². The van der Waals surface area contributed by atoms with Gasteiger partial charge >= 0.3 is 6.03 Å². The molecule has 2 amide bonds. The maximum absolute atomic E-state index is 11.8. The van der Waals surface area contributed by atoms with E-state index in [0.29, 0.717) is 22.6 Å². The van der Waals surface area contributed by atoms with E-state index in [4.69, 9.17) is 12.6 Å². The van der Waals surface area contributed by atoms with Crippen LogP contribution < -0.4 is 20.8 Å². The summed E-state index contributed by atoms with van der Waals surface area (Å²) in [6, 6.07) is 13.8. The van der Waals surface area contributed by atoms with Crippen LogP contribution in [0, 0.1) is 0 Å². The second kappa shape index (κ2) is 5.95. The van der Waals surface area contributed by atoms with Gasteiger partial charge in [-0.15, -0.1) is 0 Å². The van der Waals surface area contributed by atoms with Crippen LogP contribution in [-0.4, -0.2) is 21.0 Å². The van der Waals surface area contributed by atoms with Gasteiger partial charge in [-0.25, -0.2) is 4.79 Å². The van der Waals surface area contributed by atoms with Gasteiger partial charge in [0.25, 0.3) is 0 Å². The van der Waals surface area contributed by atoms with Crippen LogP contribution >= 0.6 is 0 Å². The van der Waals surface area contributed by atoms with E-state index in [1.807, 2.05) is 12.1 Å². The number of carbonyl (C=O) groups is 1. The molecule has 0 fully saturated rings. The Bertz CT molecular complexity index is 570. The molecule has 0 atom stereocenters. The quantitative estimate of drug-likeness (QED) is 0.822. The van der Waals surface area contributed by atoms with Gasteiger partial charge in [-0.2, -0.15) is 0 Å². The van der Waals surface area contributed by atoms with Crippen molar-refractivity contribution in [2.24, 2.45) is 0 Å². The lowest BCUT2D eigenvalue weighted by Crippen LogP contribution is -2.20. The Morgan fingerprint density at radius 1 is 1.05 bits per heavy atom. The van der Waals surface area contributed by atoms with Gasteiger partial charge in [0.2, 0.25) is 0 Å². The molecule has 2 aromatic carbocycles. The minimum absolute atomic E-state index is 0.339. The van der Waals surface area contributed by atoms with Crippen molar-refractivity contribution in [2.45, 2.75) is 0 Å². The minimum atomic E-state index is -0.339. The average molecular weight is 252 g/mol. The Labute approximate surface area is 113 Å². The summed E-state index contributed by atoms with van der Waals surface area (Å²) >= 11 is 0. The summed E-state index contributed by atoms with van der Waals surface area (Å²) in [7, 11) is 7.13. The van der Waals surface area contributed by atoms with Crippen molar-refractivity contribution in [1.29, 1.82) is 0 Å². The number of anilines is 2. The molecule has 0 aliphatic heterocycles. The zero-order valence-electron chi connectivity index (χ0n) is 10.5. The van der Waals surface area contributed by atoms with Gasteiger partial charge in [-0.3, -0.25) is 0 Å². The summed E-state index contributed by atoms with van der Waals surface area (Å²) in [5.41, 5.74) is 1.93. The second-order valence-corrected chi connectivity index (χ2v) is 3.90. The van der Waals surface area contributed by atoms with E-state index in [0.717, 1.165) is 0 Å². The highest BCUT2D eigenvalue weighted by Gasteiger charge is 2.06. The number of nitrogens with one attached hydrogen (secondary N) is 2. The molecule has 0 spiro atoms. The lowest BCUT2D eigenvalue weighted by atomic mass is 9.96. The largest absolute Gasteiger partial charge is 0.495 e. The van der Waals surface area contributed by atoms with Gasteiger partial charge in [-0.05, 0) is 24.3 Å². The first-order valence-electron chi connectivity index (χ1n) is 5.75. The molecular weight excluding hydrogens is 239 g/mol. The summed E-state index contributed by atoms with van der Waals surface area (Å²) in [5, 5.41) is 5.43. The zero-order chi connectivity index (χ0) is 13.7. The molecule has 2 rings (SSSR count). The molecule has 0 heterocycles. The predicted octanol–water partition coefficient (Wildman–Crippen LogP) is 2.13. The number of urea groups is 1. The minimum Gasteiger partial charge on any atom is -0.495 e. The molecule has 94 valence electrons. The normalized spacial score (nSPS) is 9.74. The molecule has 0 aliphatic rings. The number of methoxy groups -OCH3 is 1. The Kier molecular flexibility index (Phi) is 4.08. The fourth-order valence-electron chi connectivity index (χ4n) is 1.60. The molecule has 0 saturated heterocycles. The Morgan fingerprint density at radius 2 is 1.74 bits per heavy atom. The maximum atomic E-state index is 11.8. The number of benzene rings is 2. The molecule has 2 N–H and O–H groups in total. The van der Waals surface area contributed by atoms with Crippen LogP contribution in [0.5, 0.6) is 5.75 Å². The lowest BCUT2D eigenvalue weighted by Gasteiger charge is -2.11. The monoisotopic (exact) mass is 252 g/mol. The Hall–Kier alpha value is -2.43. The molecule has 19 heavy (non-hydrogen) atoms. The van der Waals surface area contributed by atoms with E-state index in [1.165, 1.54) is 0 Å². The highest BCUT2D eigenvalue weighted by Crippen LogP contribution is 2.23. The fourth-order valence-corrected chi connectivity index (χ4v) is 1.60. The molecule has 0 saturated carbocycles. The maximum Gasteiger partial charge on any atom is 0.323 e. The van der Waals surface area contributed by atoms with E-state index in [2.05, 4.69) is 10.6 Å². The number of carbonyl (C=O) groups excluding carboxylic acids is 1. The summed E-state index contributed by atoms with van der Waals surface area (Å²) in [4.78, 5) is 11.8. The van der Waals surface area contributed by atoms with Crippen molar-refractivity contribution in [2.75, 3.05) is 17.7 Å². The molecule has 2 radical (unpaired) electrons. The number of para-hydroxylation sites is 2. The van der Waals surface area contributed by atoms with Crippen molar-refractivity contribution < 1.29 is 9.53 Å². The molecule has 5 heteroatoms. The summed E-state index contributed by atoms with van der Waals surface area (Å²) in [6.07, 6.45) is 0. The van der Waals surface area contributed by atoms with Gasteiger partial charge in [0.05, 0.1) is 12.8 Å². The van der Waals surface area contributed by atoms with Crippen molar-refractivity contribution >= 4 is 30.7 Å². The Morgan fingerprint density at radius 3 is 2.42 bits per heavy atom. The van der Waals surface area contributed by atoms with Gasteiger partial charge in [0.15, 0.2) is 0 Å². The highest BCUT2D eigenvalue weighted by molar-refractivity contribution is 6.32. The molecule has 4 nitrogen and oxygen atoms in total. The fraction of sp³-hybridized carbons (Fsp3) is 0.0714. The third-order valence-corrected chi connectivity index (χ3v) is 2.52. The molecule has 0 aromatic heterocycles. The van der Waals surface area contributed by atoms with Crippen LogP contribution in [0.15, 0.2) is 48.5 Å². The smallest absolute Gasteiger partial charge is 0.323 e. The average Bonchev–Trinajstić information content (AvgIpc) is 2.42. The molecule has 0 unspecified atom stereocenters. The number of amides is 2. The molecule has 0 aliphatic carbocycles. The zero-order valence-corrected chi connectivity index (χ0v) is 10.5. The van der Waals surface area contributed by atoms with E-state index in [1.54, 1.807) is 43.5 Å². The van der Waals surface area contributed by atoms with Crippen molar-refractivity contribution in [3.05, 3.63) is 48.5 Å². The van der Waals surface area contributed by atoms with E-state index in [-0.39, 0.29) is 6.03 Å². The summed E-state index contributed by atoms with van der Waals surface area (Å²) < 4.78 is 5.15. The van der Waals surface area contributed by atoms with Gasteiger partial charge in [0.1, 0.15) is 13.6 Å². The van der Waals surface area contributed by atoms with Crippen LogP contribution in [0.3, 0.4) is 0 Å². The topological polar surface area (TPSA) is 50.4 Å². The SMILES string of the molecule is [B]c1ccc(NC(=O)Nc2ccccc2OC)cc1. The van der Waals surface area contributed by atoms with Crippen LogP contribution in [0.2, 0.25) is 0 Å². The van der Waals surface area contributed by atoms with Crippen molar-refractivity contribution in [3.8, 4) is 5.75 Å². The van der Waals surface area contributed by atoms with Gasteiger partial charge in [0, 0.05) is 5.69 Å². The number of hydrogen-bond donors (Lipinski definition) is 2. The van der Waals surface area contributed by atoms with Crippen LogP contribution in [-0.2, 0) is 0 Å². The van der Waals surface area contributed by atoms with Gasteiger partial charge < -0.3 is 15.4 Å². The van der Waals surface area contributed by atoms with Crippen molar-refractivity contribution in [1.82, 2.24) is 0 Å². The highest BCUT2D eigenvalue weighted by atomic mass is 16.5. The van der Waals surface area contributed by atoms with E-state index in [9.17, 15) is 4.79 Å². The predicted molar refractivity (Wildman–Crippen MR) is 77.5 cm³/mol. The first-order chi connectivity index (χ1) is 9.19. The van der Waals surface area contributed by atoms with E-state index >= 15 is 0 Å². The number of ether oxygens (including phenoxy) is 1. The third-order valence-electron chi connectivity index (χ3n) is 2.52. The van der Waals surface area contributed by atoms with Gasteiger partial charge in [-0.1, -0.05) is 29.7 Å². The van der Waals surface area contributed by atoms with Crippen LogP contribution in [0.25, 0.3) is 0 Å². The molecule has 0 bridgehead atoms. The summed E-state index contributed by atoms with van der Waals surface area (Å²) in [6.45, 7) is 0. The standard InChI is InChI=1S/C14H13BN2O2/c1-19-13-5-3-2-4-12(13)17-14(18)16-11-8-6-10(15)7-9-11/h2-9H,1H3,(H2,16,17,18). The lowest BCUT2D eigenvalue weighted by molar-refractivity contribution is 0.262. The van der Waals surface area contributed by atoms with Crippen LogP contribution in [0.4, 0.5) is 16.2 Å². The van der Waals surface area contributed by atoms with Crippen molar-refractivity contribution in [3.63, 3.8) is 0 Å². The molecule has 2 aromatic rings. The number of rotatable bonds is 3.